The summed E-state index contributed by atoms with van der Waals surface area (Å²) in [5, 5.41) is 9.10. The van der Waals surface area contributed by atoms with Gasteiger partial charge in [-0.1, -0.05) is 0 Å². The molecule has 0 unspecified atom stereocenters. The fourth-order valence-corrected chi connectivity index (χ4v) is 4.25. The summed E-state index contributed by atoms with van der Waals surface area (Å²) in [6.07, 6.45) is 9.37. The highest BCUT2D eigenvalue weighted by Gasteiger charge is 2.22. The van der Waals surface area contributed by atoms with Gasteiger partial charge >= 0.3 is 0 Å². The molecule has 4 aromatic heterocycles. The number of likely N-dealkylation sites (tertiary alicyclic amines) is 1. The highest BCUT2D eigenvalue weighted by atomic mass is 16.3. The highest BCUT2D eigenvalue weighted by molar-refractivity contribution is 5.62. The van der Waals surface area contributed by atoms with Crippen LogP contribution in [-0.4, -0.2) is 60.0 Å². The number of pyridine rings is 1. The molecule has 0 amide bonds. The molecule has 30 heavy (non-hydrogen) atoms. The first kappa shape index (κ1) is 18.9. The lowest BCUT2D eigenvalue weighted by Gasteiger charge is -2.31. The van der Waals surface area contributed by atoms with Crippen molar-refractivity contribution in [3.05, 3.63) is 64.7 Å². The zero-order valence-electron chi connectivity index (χ0n) is 16.9. The number of nitrogens with zero attached hydrogens (tertiary/aromatic N) is 6. The van der Waals surface area contributed by atoms with Crippen molar-refractivity contribution in [2.45, 2.75) is 25.7 Å². The molecule has 8 nitrogen and oxygen atoms in total. The molecule has 0 saturated carbocycles. The lowest BCUT2D eigenvalue weighted by atomic mass is 9.94. The second-order valence-corrected chi connectivity index (χ2v) is 7.93. The van der Waals surface area contributed by atoms with E-state index >= 15 is 0 Å². The van der Waals surface area contributed by atoms with E-state index in [-0.39, 0.29) is 12.2 Å². The van der Waals surface area contributed by atoms with Gasteiger partial charge in [0, 0.05) is 42.7 Å². The smallest absolute Gasteiger partial charge is 0.258 e. The highest BCUT2D eigenvalue weighted by Crippen LogP contribution is 2.26. The summed E-state index contributed by atoms with van der Waals surface area (Å²) in [6.45, 7) is 4.73. The van der Waals surface area contributed by atoms with Gasteiger partial charge in [0.05, 0.1) is 29.9 Å². The molecule has 0 aliphatic carbocycles. The van der Waals surface area contributed by atoms with Crippen LogP contribution in [0.4, 0.5) is 0 Å². The first-order valence-electron chi connectivity index (χ1n) is 10.3. The molecular formula is C22H24N6O2. The number of aliphatic hydroxyl groups is 1. The summed E-state index contributed by atoms with van der Waals surface area (Å²) < 4.78 is 3.53. The van der Waals surface area contributed by atoms with Crippen LogP contribution in [0.2, 0.25) is 0 Å². The van der Waals surface area contributed by atoms with Crippen molar-refractivity contribution in [2.24, 2.45) is 0 Å². The summed E-state index contributed by atoms with van der Waals surface area (Å²) in [5.74, 6) is 0.322. The number of rotatable bonds is 4. The number of imidazole rings is 1. The van der Waals surface area contributed by atoms with Gasteiger partial charge in [-0.25, -0.2) is 9.97 Å². The SMILES string of the molecule is Cc1cn2cc(-c3cc(=O)n4cc(C5CCN(CCO)CC5)ncc4n3)ccc2n1. The number of β-amino-alcohol motifs (C(OH)–C–C–N with tert-alkyl or cyclic N) is 1. The van der Waals surface area contributed by atoms with Crippen molar-refractivity contribution < 1.29 is 5.11 Å². The van der Waals surface area contributed by atoms with Crippen LogP contribution in [0.25, 0.3) is 22.6 Å². The van der Waals surface area contributed by atoms with Crippen molar-refractivity contribution in [3.63, 3.8) is 0 Å². The Hall–Kier alpha value is -3.10. The molecule has 0 atom stereocenters. The molecule has 0 radical (unpaired) electrons. The van der Waals surface area contributed by atoms with Crippen molar-refractivity contribution in [3.8, 4) is 11.3 Å². The normalized spacial score (nSPS) is 15.9. The molecule has 8 heteroatoms. The minimum atomic E-state index is -0.113. The Morgan fingerprint density at radius 2 is 1.93 bits per heavy atom. The molecule has 0 aromatic carbocycles. The van der Waals surface area contributed by atoms with E-state index in [4.69, 9.17) is 5.11 Å². The van der Waals surface area contributed by atoms with E-state index in [9.17, 15) is 4.79 Å². The van der Waals surface area contributed by atoms with Gasteiger partial charge in [-0.3, -0.25) is 14.2 Å². The lowest BCUT2D eigenvalue weighted by Crippen LogP contribution is -2.35. The van der Waals surface area contributed by atoms with Crippen LogP contribution in [0.5, 0.6) is 0 Å². The third-order valence-electron chi connectivity index (χ3n) is 5.86. The number of aromatic nitrogens is 5. The number of piperidine rings is 1. The van der Waals surface area contributed by atoms with Gasteiger partial charge in [0.25, 0.3) is 5.56 Å². The predicted octanol–water partition coefficient (Wildman–Crippen LogP) is 1.88. The van der Waals surface area contributed by atoms with Crippen LogP contribution < -0.4 is 5.56 Å². The molecule has 1 aliphatic rings. The molecule has 1 saturated heterocycles. The fourth-order valence-electron chi connectivity index (χ4n) is 4.25. The van der Waals surface area contributed by atoms with E-state index in [1.807, 2.05) is 42.0 Å². The Bertz CT molecular complexity index is 1270. The average molecular weight is 404 g/mol. The quantitative estimate of drug-likeness (QED) is 0.559. The van der Waals surface area contributed by atoms with Gasteiger partial charge in [0.15, 0.2) is 5.65 Å². The largest absolute Gasteiger partial charge is 0.395 e. The third-order valence-corrected chi connectivity index (χ3v) is 5.86. The summed E-state index contributed by atoms with van der Waals surface area (Å²) in [5.41, 5.74) is 4.65. The zero-order valence-corrected chi connectivity index (χ0v) is 16.9. The van der Waals surface area contributed by atoms with Gasteiger partial charge in [0.2, 0.25) is 0 Å². The fraction of sp³-hybridized carbons (Fsp3) is 0.364. The maximum Gasteiger partial charge on any atom is 0.258 e. The summed E-state index contributed by atoms with van der Waals surface area (Å²) >= 11 is 0. The summed E-state index contributed by atoms with van der Waals surface area (Å²) in [6, 6.07) is 5.43. The molecular weight excluding hydrogens is 380 g/mol. The Morgan fingerprint density at radius 3 is 2.73 bits per heavy atom. The van der Waals surface area contributed by atoms with Crippen LogP contribution in [0.15, 0.2) is 47.8 Å². The molecule has 5 rings (SSSR count). The standard InChI is InChI=1S/C22H24N6O2/c1-15-12-27-13-17(2-3-20(27)24-15)18-10-22(30)28-14-19(23-11-21(28)25-18)16-4-6-26(7-5-16)8-9-29/h2-3,10-14,16,29H,4-9H2,1H3. The topological polar surface area (TPSA) is 88.0 Å². The third kappa shape index (κ3) is 3.48. The van der Waals surface area contributed by atoms with Crippen molar-refractivity contribution in [2.75, 3.05) is 26.2 Å². The van der Waals surface area contributed by atoms with E-state index in [0.717, 1.165) is 48.5 Å². The summed E-state index contributed by atoms with van der Waals surface area (Å²) in [7, 11) is 0. The van der Waals surface area contributed by atoms with Gasteiger partial charge in [0.1, 0.15) is 5.65 Å². The number of aliphatic hydroxyl groups excluding tert-OH is 1. The maximum absolute atomic E-state index is 12.9. The second kappa shape index (κ2) is 7.62. The molecule has 4 aromatic rings. The Kier molecular flexibility index (Phi) is 4.80. The zero-order chi connectivity index (χ0) is 20.7. The van der Waals surface area contributed by atoms with E-state index in [1.54, 1.807) is 16.7 Å². The van der Waals surface area contributed by atoms with Crippen LogP contribution in [0.3, 0.4) is 0 Å². The molecule has 0 spiro atoms. The van der Waals surface area contributed by atoms with Crippen LogP contribution in [0, 0.1) is 6.92 Å². The lowest BCUT2D eigenvalue weighted by molar-refractivity contribution is 0.163. The Balaban J connectivity index is 1.46. The van der Waals surface area contributed by atoms with E-state index < -0.39 is 0 Å². The van der Waals surface area contributed by atoms with Gasteiger partial charge < -0.3 is 14.4 Å². The van der Waals surface area contributed by atoms with Gasteiger partial charge in [-0.2, -0.15) is 0 Å². The van der Waals surface area contributed by atoms with Crippen LogP contribution in [-0.2, 0) is 0 Å². The van der Waals surface area contributed by atoms with E-state index in [0.29, 0.717) is 23.8 Å². The number of hydrogen-bond donors (Lipinski definition) is 1. The molecule has 0 bridgehead atoms. The summed E-state index contributed by atoms with van der Waals surface area (Å²) in [4.78, 5) is 28.8. The Labute approximate surface area is 173 Å². The maximum atomic E-state index is 12.9. The minimum absolute atomic E-state index is 0.113. The molecule has 1 N–H and O–H groups in total. The van der Waals surface area contributed by atoms with Gasteiger partial charge in [-0.15, -0.1) is 0 Å². The molecule has 1 aliphatic heterocycles. The van der Waals surface area contributed by atoms with Gasteiger partial charge in [-0.05, 0) is 45.0 Å². The minimum Gasteiger partial charge on any atom is -0.395 e. The number of aryl methyl sites for hydroxylation is 1. The predicted molar refractivity (Wildman–Crippen MR) is 114 cm³/mol. The van der Waals surface area contributed by atoms with Crippen LogP contribution in [0.1, 0.15) is 30.1 Å². The second-order valence-electron chi connectivity index (χ2n) is 7.93. The first-order chi connectivity index (χ1) is 14.6. The Morgan fingerprint density at radius 1 is 1.10 bits per heavy atom. The van der Waals surface area contributed by atoms with Crippen molar-refractivity contribution in [1.82, 2.24) is 28.7 Å². The monoisotopic (exact) mass is 404 g/mol. The van der Waals surface area contributed by atoms with E-state index in [2.05, 4.69) is 19.9 Å². The molecule has 5 heterocycles. The first-order valence-corrected chi connectivity index (χ1v) is 10.3. The van der Waals surface area contributed by atoms with Crippen molar-refractivity contribution >= 4 is 11.3 Å². The average Bonchev–Trinajstić information content (AvgIpc) is 3.13. The number of hydrogen-bond acceptors (Lipinski definition) is 6. The van der Waals surface area contributed by atoms with Crippen LogP contribution >= 0.6 is 0 Å². The molecule has 1 fully saturated rings. The van der Waals surface area contributed by atoms with Crippen molar-refractivity contribution in [1.29, 1.82) is 0 Å². The molecule has 154 valence electrons. The van der Waals surface area contributed by atoms with E-state index in [1.165, 1.54) is 0 Å². The number of fused-ring (bicyclic) bond motifs is 2.